The lowest BCUT2D eigenvalue weighted by Crippen LogP contribution is -2.68. The van der Waals surface area contributed by atoms with Gasteiger partial charge in [-0.05, 0) is 37.5 Å². The van der Waals surface area contributed by atoms with Crippen molar-refractivity contribution in [3.8, 4) is 0 Å². The first kappa shape index (κ1) is 9.89. The molecule has 0 amide bonds. The molecule has 3 fully saturated rings. The van der Waals surface area contributed by atoms with E-state index >= 15 is 0 Å². The molecule has 4 bridgehead atoms. The highest BCUT2D eigenvalue weighted by Gasteiger charge is 2.67. The van der Waals surface area contributed by atoms with Crippen molar-refractivity contribution >= 4 is 0 Å². The van der Waals surface area contributed by atoms with Gasteiger partial charge in [-0.25, -0.2) is 0 Å². The molecule has 0 radical (unpaired) electrons. The minimum Gasteiger partial charge on any atom is -0.385 e. The standard InChI is InChI=1S/C14H22O/c1-12(2)10-6-8-13(3)11(9-10)5-4-7-14(12,13)15/h4,7,10-11,15H,5-6,8-9H2,1-3H3/t10-,11-,13+,14-/m0/s1. The second-order valence-corrected chi connectivity index (χ2v) is 6.71. The maximum Gasteiger partial charge on any atom is 0.0936 e. The van der Waals surface area contributed by atoms with Crippen LogP contribution in [0.3, 0.4) is 0 Å². The Balaban J connectivity index is 2.21. The molecule has 1 N–H and O–H groups in total. The quantitative estimate of drug-likeness (QED) is 0.604. The average molecular weight is 206 g/mol. The molecule has 84 valence electrons. The molecule has 1 heteroatoms. The normalized spacial score (nSPS) is 55.7. The molecular weight excluding hydrogens is 184 g/mol. The van der Waals surface area contributed by atoms with Crippen LogP contribution in [0.15, 0.2) is 12.2 Å². The van der Waals surface area contributed by atoms with Crippen LogP contribution in [0.4, 0.5) is 0 Å². The van der Waals surface area contributed by atoms with Gasteiger partial charge in [0.05, 0.1) is 5.60 Å². The summed E-state index contributed by atoms with van der Waals surface area (Å²) in [4.78, 5) is 0. The zero-order valence-corrected chi connectivity index (χ0v) is 10.1. The molecule has 4 aliphatic carbocycles. The Labute approximate surface area is 92.6 Å². The van der Waals surface area contributed by atoms with E-state index < -0.39 is 5.60 Å². The highest BCUT2D eigenvalue weighted by atomic mass is 16.3. The highest BCUT2D eigenvalue weighted by Crippen LogP contribution is 2.68. The van der Waals surface area contributed by atoms with Crippen LogP contribution in [0.5, 0.6) is 0 Å². The second-order valence-electron chi connectivity index (χ2n) is 6.71. The zero-order valence-electron chi connectivity index (χ0n) is 10.1. The van der Waals surface area contributed by atoms with Crippen molar-refractivity contribution in [1.82, 2.24) is 0 Å². The molecule has 0 aromatic heterocycles. The molecule has 0 saturated heterocycles. The Hall–Kier alpha value is -0.300. The molecule has 0 unspecified atom stereocenters. The Bertz CT molecular complexity index is 330. The van der Waals surface area contributed by atoms with Gasteiger partial charge >= 0.3 is 0 Å². The van der Waals surface area contributed by atoms with Crippen molar-refractivity contribution in [3.63, 3.8) is 0 Å². The van der Waals surface area contributed by atoms with Crippen molar-refractivity contribution in [1.29, 1.82) is 0 Å². The van der Waals surface area contributed by atoms with Crippen LogP contribution in [-0.4, -0.2) is 10.7 Å². The number of hydrogen-bond acceptors (Lipinski definition) is 1. The van der Waals surface area contributed by atoms with E-state index in [1.54, 1.807) is 0 Å². The van der Waals surface area contributed by atoms with E-state index in [2.05, 4.69) is 32.9 Å². The Morgan fingerprint density at radius 1 is 1.20 bits per heavy atom. The van der Waals surface area contributed by atoms with E-state index in [9.17, 15) is 5.11 Å². The van der Waals surface area contributed by atoms with Crippen LogP contribution in [0.25, 0.3) is 0 Å². The molecule has 4 atom stereocenters. The van der Waals surface area contributed by atoms with Crippen LogP contribution in [0.1, 0.15) is 46.5 Å². The number of fused-ring (bicyclic) bond motifs is 1. The van der Waals surface area contributed by atoms with Crippen molar-refractivity contribution in [2.75, 3.05) is 0 Å². The van der Waals surface area contributed by atoms with Crippen molar-refractivity contribution in [3.05, 3.63) is 12.2 Å². The Morgan fingerprint density at radius 2 is 1.93 bits per heavy atom. The molecule has 0 heterocycles. The number of hydrogen-bond donors (Lipinski definition) is 1. The number of aliphatic hydroxyl groups is 1. The van der Waals surface area contributed by atoms with Crippen LogP contribution in [0, 0.1) is 22.7 Å². The van der Waals surface area contributed by atoms with Gasteiger partial charge < -0.3 is 5.11 Å². The van der Waals surface area contributed by atoms with Crippen molar-refractivity contribution < 1.29 is 5.11 Å². The molecule has 0 aromatic rings. The van der Waals surface area contributed by atoms with Crippen molar-refractivity contribution in [2.45, 2.75) is 52.1 Å². The number of allylic oxidation sites excluding steroid dienone is 1. The molecule has 0 spiro atoms. The van der Waals surface area contributed by atoms with Crippen molar-refractivity contribution in [2.24, 2.45) is 22.7 Å². The van der Waals surface area contributed by atoms with Gasteiger partial charge in [0, 0.05) is 10.8 Å². The van der Waals surface area contributed by atoms with E-state index in [0.29, 0.717) is 0 Å². The maximum absolute atomic E-state index is 11.1. The lowest BCUT2D eigenvalue weighted by molar-refractivity contribution is -0.239. The molecule has 3 saturated carbocycles. The fourth-order valence-corrected chi connectivity index (χ4v) is 4.77. The van der Waals surface area contributed by atoms with Crippen LogP contribution < -0.4 is 0 Å². The minimum atomic E-state index is -0.552. The van der Waals surface area contributed by atoms with Gasteiger partial charge in [-0.2, -0.15) is 0 Å². The molecule has 0 aromatic carbocycles. The summed E-state index contributed by atoms with van der Waals surface area (Å²) in [6.45, 7) is 6.85. The SMILES string of the molecule is CC1(C)[C@H]2CC[C@]3(C)[C@@H](CC=C[C@]13O)C2. The van der Waals surface area contributed by atoms with Crippen LogP contribution in [-0.2, 0) is 0 Å². The van der Waals surface area contributed by atoms with E-state index in [1.165, 1.54) is 25.7 Å². The molecule has 4 aliphatic rings. The average Bonchev–Trinajstić information content (AvgIpc) is 2.16. The fourth-order valence-electron chi connectivity index (χ4n) is 4.77. The first-order valence-corrected chi connectivity index (χ1v) is 6.32. The van der Waals surface area contributed by atoms with Gasteiger partial charge in [0.25, 0.3) is 0 Å². The summed E-state index contributed by atoms with van der Waals surface area (Å²) in [5, 5.41) is 11.1. The van der Waals surface area contributed by atoms with Crippen LogP contribution >= 0.6 is 0 Å². The third kappa shape index (κ3) is 0.860. The summed E-state index contributed by atoms with van der Waals surface area (Å²) < 4.78 is 0. The van der Waals surface area contributed by atoms with Gasteiger partial charge in [-0.3, -0.25) is 0 Å². The zero-order chi connectivity index (χ0) is 10.9. The third-order valence-electron chi connectivity index (χ3n) is 6.14. The minimum absolute atomic E-state index is 0.0629. The lowest BCUT2D eigenvalue weighted by Gasteiger charge is -2.68. The Morgan fingerprint density at radius 3 is 2.60 bits per heavy atom. The summed E-state index contributed by atoms with van der Waals surface area (Å²) in [6.07, 6.45) is 9.38. The molecule has 4 rings (SSSR count). The van der Waals surface area contributed by atoms with E-state index in [-0.39, 0.29) is 10.8 Å². The summed E-state index contributed by atoms with van der Waals surface area (Å²) in [6, 6.07) is 0. The largest absolute Gasteiger partial charge is 0.385 e. The van der Waals surface area contributed by atoms with E-state index in [4.69, 9.17) is 0 Å². The lowest BCUT2D eigenvalue weighted by atomic mass is 9.38. The molecule has 1 nitrogen and oxygen atoms in total. The second kappa shape index (κ2) is 2.51. The van der Waals surface area contributed by atoms with Gasteiger partial charge in [-0.15, -0.1) is 0 Å². The topological polar surface area (TPSA) is 20.2 Å². The van der Waals surface area contributed by atoms with Gasteiger partial charge in [0.2, 0.25) is 0 Å². The van der Waals surface area contributed by atoms with E-state index in [0.717, 1.165) is 11.8 Å². The smallest absolute Gasteiger partial charge is 0.0936 e. The molecule has 0 aliphatic heterocycles. The molecular formula is C14H22O. The van der Waals surface area contributed by atoms with Gasteiger partial charge in [-0.1, -0.05) is 32.9 Å². The molecule has 15 heavy (non-hydrogen) atoms. The predicted molar refractivity (Wildman–Crippen MR) is 61.4 cm³/mol. The predicted octanol–water partition coefficient (Wildman–Crippen LogP) is 3.14. The van der Waals surface area contributed by atoms with Gasteiger partial charge in [0.1, 0.15) is 0 Å². The monoisotopic (exact) mass is 206 g/mol. The van der Waals surface area contributed by atoms with E-state index in [1.807, 2.05) is 0 Å². The van der Waals surface area contributed by atoms with Crippen LogP contribution in [0.2, 0.25) is 0 Å². The first-order chi connectivity index (χ1) is 6.92. The first-order valence-electron chi connectivity index (χ1n) is 6.32. The van der Waals surface area contributed by atoms with Gasteiger partial charge in [0.15, 0.2) is 0 Å². The Kier molecular flexibility index (Phi) is 1.65. The number of rotatable bonds is 0. The summed E-state index contributed by atoms with van der Waals surface area (Å²) >= 11 is 0. The fraction of sp³-hybridized carbons (Fsp3) is 0.857. The highest BCUT2D eigenvalue weighted by molar-refractivity contribution is 5.27. The third-order valence-corrected chi connectivity index (χ3v) is 6.14. The summed E-state index contributed by atoms with van der Waals surface area (Å²) in [5.74, 6) is 1.44. The maximum atomic E-state index is 11.1. The summed E-state index contributed by atoms with van der Waals surface area (Å²) in [5.41, 5.74) is -0.350. The summed E-state index contributed by atoms with van der Waals surface area (Å²) in [7, 11) is 0.